The molecule has 2 heterocycles. The van der Waals surface area contributed by atoms with Gasteiger partial charge < -0.3 is 4.74 Å². The lowest BCUT2D eigenvalue weighted by molar-refractivity contribution is 0.264. The van der Waals surface area contributed by atoms with Crippen LogP contribution < -0.4 is 4.74 Å². The van der Waals surface area contributed by atoms with Crippen LogP contribution in [0.4, 0.5) is 0 Å². The smallest absolute Gasteiger partial charge is 0.164 e. The van der Waals surface area contributed by atoms with Crippen molar-refractivity contribution in [3.05, 3.63) is 131 Å². The summed E-state index contributed by atoms with van der Waals surface area (Å²) in [5, 5.41) is 1.23. The number of hydrogen-bond donors (Lipinski definition) is 0. The van der Waals surface area contributed by atoms with Crippen LogP contribution in [0, 0.1) is 0 Å². The zero-order valence-electron chi connectivity index (χ0n) is 20.6. The highest BCUT2D eigenvalue weighted by Gasteiger charge is 2.39. The fourth-order valence-electron chi connectivity index (χ4n) is 5.20. The van der Waals surface area contributed by atoms with Gasteiger partial charge >= 0.3 is 0 Å². The Balaban J connectivity index is 1.36. The minimum Gasteiger partial charge on any atom is -0.484 e. The van der Waals surface area contributed by atoms with Crippen LogP contribution in [-0.2, 0) is 0 Å². The van der Waals surface area contributed by atoms with Crippen molar-refractivity contribution in [2.24, 2.45) is 0 Å². The van der Waals surface area contributed by atoms with Gasteiger partial charge in [0, 0.05) is 27.3 Å². The lowest BCUT2D eigenvalue weighted by Crippen LogP contribution is -2.20. The molecule has 0 bridgehead atoms. The van der Waals surface area contributed by atoms with E-state index in [0.29, 0.717) is 27.5 Å². The summed E-state index contributed by atoms with van der Waals surface area (Å²) in [6.45, 7) is 0. The van der Waals surface area contributed by atoms with Crippen molar-refractivity contribution >= 4 is 23.2 Å². The third kappa shape index (κ3) is 4.42. The Labute approximate surface area is 236 Å². The highest BCUT2D eigenvalue weighted by Crippen LogP contribution is 2.50. The van der Waals surface area contributed by atoms with E-state index in [9.17, 15) is 0 Å². The Bertz CT molecular complexity index is 1710. The molecule has 1 aromatic heterocycles. The van der Waals surface area contributed by atoms with Crippen molar-refractivity contribution in [3.63, 3.8) is 0 Å². The van der Waals surface area contributed by atoms with Crippen LogP contribution in [0.5, 0.6) is 5.75 Å². The fraction of sp³-hybridized carbons (Fsp3) is 0.0606. The molecule has 0 N–H and O–H groups in total. The van der Waals surface area contributed by atoms with E-state index in [1.54, 1.807) is 6.08 Å². The molecule has 0 radical (unpaired) electrons. The van der Waals surface area contributed by atoms with Crippen LogP contribution in [0.1, 0.15) is 11.5 Å². The molecule has 7 rings (SSSR count). The SMILES string of the molecule is ClC1=CC2c3c(cccc3-c3cccc(-c4nc(-c5ccccc5)nc(-c5ccccc5)n4)c3)OC2C(Cl)=C1. The van der Waals surface area contributed by atoms with E-state index < -0.39 is 0 Å². The van der Waals surface area contributed by atoms with Crippen LogP contribution in [0.25, 0.3) is 45.3 Å². The summed E-state index contributed by atoms with van der Waals surface area (Å²) >= 11 is 12.9. The molecule has 1 aliphatic carbocycles. The van der Waals surface area contributed by atoms with Gasteiger partial charge in [0.1, 0.15) is 11.9 Å². The number of allylic oxidation sites excluding steroid dienone is 2. The summed E-state index contributed by atoms with van der Waals surface area (Å²) in [7, 11) is 0. The van der Waals surface area contributed by atoms with Gasteiger partial charge in [-0.3, -0.25) is 0 Å². The molecule has 4 nitrogen and oxygen atoms in total. The molecule has 188 valence electrons. The van der Waals surface area contributed by atoms with Crippen molar-refractivity contribution in [1.29, 1.82) is 0 Å². The van der Waals surface area contributed by atoms with Gasteiger partial charge in [-0.2, -0.15) is 0 Å². The van der Waals surface area contributed by atoms with Gasteiger partial charge in [0.05, 0.1) is 11.0 Å². The number of rotatable bonds is 4. The molecule has 1 aliphatic heterocycles. The second-order valence-electron chi connectivity index (χ2n) is 9.48. The predicted molar refractivity (Wildman–Crippen MR) is 157 cm³/mol. The molecule has 0 fully saturated rings. The Morgan fingerprint density at radius 3 is 1.82 bits per heavy atom. The molecule has 0 amide bonds. The topological polar surface area (TPSA) is 47.9 Å². The van der Waals surface area contributed by atoms with Gasteiger partial charge in [0.25, 0.3) is 0 Å². The second-order valence-corrected chi connectivity index (χ2v) is 10.4. The van der Waals surface area contributed by atoms with Crippen LogP contribution >= 0.6 is 23.2 Å². The molecule has 2 unspecified atom stereocenters. The first-order valence-corrected chi connectivity index (χ1v) is 13.4. The van der Waals surface area contributed by atoms with E-state index in [0.717, 1.165) is 39.1 Å². The minimum absolute atomic E-state index is 0.0589. The van der Waals surface area contributed by atoms with Gasteiger partial charge in [-0.15, -0.1) is 0 Å². The van der Waals surface area contributed by atoms with Gasteiger partial charge in [0.15, 0.2) is 17.5 Å². The lowest BCUT2D eigenvalue weighted by Gasteiger charge is -2.20. The number of benzene rings is 4. The molecule has 0 saturated carbocycles. The predicted octanol–water partition coefficient (Wildman–Crippen LogP) is 8.64. The molecule has 39 heavy (non-hydrogen) atoms. The van der Waals surface area contributed by atoms with Gasteiger partial charge in [0.2, 0.25) is 0 Å². The number of halogens is 2. The van der Waals surface area contributed by atoms with E-state index in [-0.39, 0.29) is 12.0 Å². The van der Waals surface area contributed by atoms with E-state index in [2.05, 4.69) is 18.2 Å². The van der Waals surface area contributed by atoms with Crippen molar-refractivity contribution in [2.45, 2.75) is 12.0 Å². The molecule has 4 aromatic carbocycles. The summed E-state index contributed by atoms with van der Waals surface area (Å²) in [6, 6.07) is 34.3. The van der Waals surface area contributed by atoms with E-state index in [4.69, 9.17) is 42.9 Å². The highest BCUT2D eigenvalue weighted by atomic mass is 35.5. The number of nitrogens with zero attached hydrogens (tertiary/aromatic N) is 3. The maximum absolute atomic E-state index is 6.53. The highest BCUT2D eigenvalue weighted by molar-refractivity contribution is 6.35. The maximum Gasteiger partial charge on any atom is 0.164 e. The summed E-state index contributed by atoms with van der Waals surface area (Å²) < 4.78 is 6.24. The van der Waals surface area contributed by atoms with Crippen molar-refractivity contribution in [3.8, 4) is 51.0 Å². The standard InChI is InChI=1S/C33H21Cl2N3O/c34-24-18-26-29-25(15-8-16-28(29)39-30(26)27(35)19-24)22-13-7-14-23(17-22)33-37-31(20-9-3-1-4-10-20)36-32(38-33)21-11-5-2-6-12-21/h1-19,26,30H. The first-order chi connectivity index (χ1) is 19.1. The molecule has 5 aromatic rings. The zero-order valence-corrected chi connectivity index (χ0v) is 22.1. The molecule has 0 spiro atoms. The summed E-state index contributed by atoms with van der Waals surface area (Å²) in [4.78, 5) is 14.6. The minimum atomic E-state index is -0.265. The number of ether oxygens (including phenoxy) is 1. The molecular formula is C33H21Cl2N3O. The number of hydrogen-bond acceptors (Lipinski definition) is 4. The normalized spacial score (nSPS) is 17.5. The third-order valence-electron chi connectivity index (χ3n) is 7.00. The van der Waals surface area contributed by atoms with Gasteiger partial charge in [-0.1, -0.05) is 120 Å². The van der Waals surface area contributed by atoms with Crippen LogP contribution in [0.15, 0.2) is 125 Å². The molecule has 2 aliphatic rings. The largest absolute Gasteiger partial charge is 0.484 e. The van der Waals surface area contributed by atoms with Crippen molar-refractivity contribution in [1.82, 2.24) is 15.0 Å². The van der Waals surface area contributed by atoms with Gasteiger partial charge in [-0.25, -0.2) is 15.0 Å². The number of fused-ring (bicyclic) bond motifs is 3. The van der Waals surface area contributed by atoms with Crippen LogP contribution in [0.3, 0.4) is 0 Å². The van der Waals surface area contributed by atoms with E-state index >= 15 is 0 Å². The summed E-state index contributed by atoms with van der Waals surface area (Å²) in [5.41, 5.74) is 5.94. The Morgan fingerprint density at radius 1 is 0.590 bits per heavy atom. The third-order valence-corrected chi connectivity index (χ3v) is 7.56. The summed E-state index contributed by atoms with van der Waals surface area (Å²) in [6.07, 6.45) is 3.51. The van der Waals surface area contributed by atoms with Crippen molar-refractivity contribution in [2.75, 3.05) is 0 Å². The molecule has 6 heteroatoms. The van der Waals surface area contributed by atoms with Crippen LogP contribution in [0.2, 0.25) is 0 Å². The Morgan fingerprint density at radius 2 is 1.15 bits per heavy atom. The quantitative estimate of drug-likeness (QED) is 0.226. The first-order valence-electron chi connectivity index (χ1n) is 12.7. The zero-order chi connectivity index (χ0) is 26.3. The Hall–Kier alpha value is -4.25. The van der Waals surface area contributed by atoms with E-state index in [1.807, 2.05) is 91.0 Å². The monoisotopic (exact) mass is 545 g/mol. The van der Waals surface area contributed by atoms with Gasteiger partial charge in [-0.05, 0) is 29.3 Å². The second kappa shape index (κ2) is 9.81. The summed E-state index contributed by atoms with van der Waals surface area (Å²) in [5.74, 6) is 2.63. The average Bonchev–Trinajstić information content (AvgIpc) is 3.37. The first kappa shape index (κ1) is 23.8. The average molecular weight is 546 g/mol. The maximum atomic E-state index is 6.53. The molecule has 2 atom stereocenters. The molecule has 0 saturated heterocycles. The van der Waals surface area contributed by atoms with Crippen molar-refractivity contribution < 1.29 is 4.74 Å². The fourth-order valence-corrected chi connectivity index (χ4v) is 5.81. The number of aromatic nitrogens is 3. The Kier molecular flexibility index (Phi) is 5.99. The lowest BCUT2D eigenvalue weighted by atomic mass is 9.86. The van der Waals surface area contributed by atoms with Crippen LogP contribution in [-0.4, -0.2) is 21.1 Å². The van der Waals surface area contributed by atoms with E-state index in [1.165, 1.54) is 0 Å². The molecular weight excluding hydrogens is 525 g/mol.